The highest BCUT2D eigenvalue weighted by Crippen LogP contribution is 2.37. The summed E-state index contributed by atoms with van der Waals surface area (Å²) < 4.78 is 6.33. The second kappa shape index (κ2) is 6.91. The van der Waals surface area contributed by atoms with Crippen molar-refractivity contribution in [2.75, 3.05) is 11.9 Å². The van der Waals surface area contributed by atoms with Crippen molar-refractivity contribution >= 4 is 33.2 Å². The number of aromatic hydroxyl groups is 2. The summed E-state index contributed by atoms with van der Waals surface area (Å²) in [6.45, 7) is 2.74. The Morgan fingerprint density at radius 1 is 1.29 bits per heavy atom. The van der Waals surface area contributed by atoms with Crippen molar-refractivity contribution in [3.63, 3.8) is 0 Å². The van der Waals surface area contributed by atoms with Gasteiger partial charge in [0.15, 0.2) is 17.2 Å². The zero-order valence-corrected chi connectivity index (χ0v) is 13.7. The molecule has 2 rings (SSSR count). The lowest BCUT2D eigenvalue weighted by atomic mass is 10.2. The molecule has 0 unspecified atom stereocenters. The van der Waals surface area contributed by atoms with Crippen LogP contribution in [0.5, 0.6) is 17.2 Å². The van der Waals surface area contributed by atoms with Crippen LogP contribution in [-0.2, 0) is 6.54 Å². The van der Waals surface area contributed by atoms with Gasteiger partial charge in [0, 0.05) is 17.1 Å². The van der Waals surface area contributed by atoms with Crippen LogP contribution < -0.4 is 10.1 Å². The molecule has 4 nitrogen and oxygen atoms in total. The number of ether oxygens (including phenoxy) is 1. The van der Waals surface area contributed by atoms with Crippen molar-refractivity contribution in [1.82, 2.24) is 0 Å². The summed E-state index contributed by atoms with van der Waals surface area (Å²) in [6.07, 6.45) is 0. The van der Waals surface area contributed by atoms with Gasteiger partial charge in [-0.15, -0.1) is 0 Å². The van der Waals surface area contributed by atoms with E-state index >= 15 is 0 Å². The minimum Gasteiger partial charge on any atom is -0.504 e. The summed E-state index contributed by atoms with van der Waals surface area (Å²) in [7, 11) is 0. The van der Waals surface area contributed by atoms with Crippen molar-refractivity contribution < 1.29 is 14.9 Å². The number of halogens is 2. The first-order valence-electron chi connectivity index (χ1n) is 6.38. The third kappa shape index (κ3) is 3.74. The molecule has 21 heavy (non-hydrogen) atoms. The lowest BCUT2D eigenvalue weighted by Crippen LogP contribution is -2.03. The lowest BCUT2D eigenvalue weighted by molar-refractivity contribution is 0.339. The Labute approximate surface area is 136 Å². The van der Waals surface area contributed by atoms with Gasteiger partial charge in [-0.2, -0.15) is 0 Å². The highest BCUT2D eigenvalue weighted by molar-refractivity contribution is 9.10. The first-order valence-corrected chi connectivity index (χ1v) is 7.55. The number of benzene rings is 2. The summed E-state index contributed by atoms with van der Waals surface area (Å²) in [5.74, 6) is 0.372. The SMILES string of the molecule is CCOc1c(Br)cc(Cl)cc1NCc1cccc(O)c1O. The predicted molar refractivity (Wildman–Crippen MR) is 87.4 cm³/mol. The third-order valence-corrected chi connectivity index (χ3v) is 3.67. The maximum atomic E-state index is 9.80. The van der Waals surface area contributed by atoms with Gasteiger partial charge in [0.25, 0.3) is 0 Å². The van der Waals surface area contributed by atoms with E-state index in [9.17, 15) is 10.2 Å². The fourth-order valence-corrected chi connectivity index (χ4v) is 2.82. The molecule has 0 bridgehead atoms. The summed E-state index contributed by atoms with van der Waals surface area (Å²) in [5, 5.41) is 23.0. The third-order valence-electron chi connectivity index (χ3n) is 2.86. The highest BCUT2D eigenvalue weighted by atomic mass is 79.9. The van der Waals surface area contributed by atoms with E-state index in [1.807, 2.05) is 6.92 Å². The largest absolute Gasteiger partial charge is 0.504 e. The summed E-state index contributed by atoms with van der Waals surface area (Å²) in [4.78, 5) is 0. The maximum absolute atomic E-state index is 9.80. The van der Waals surface area contributed by atoms with Crippen LogP contribution in [0.1, 0.15) is 12.5 Å². The second-order valence-corrected chi connectivity index (χ2v) is 5.63. The Hall–Kier alpha value is -1.59. The monoisotopic (exact) mass is 371 g/mol. The number of phenols is 2. The van der Waals surface area contributed by atoms with Gasteiger partial charge in [-0.1, -0.05) is 23.7 Å². The molecular formula is C15H15BrClNO3. The summed E-state index contributed by atoms with van der Waals surface area (Å²) in [5.41, 5.74) is 1.28. The van der Waals surface area contributed by atoms with Crippen LogP contribution in [0, 0.1) is 0 Å². The molecule has 0 radical (unpaired) electrons. The fraction of sp³-hybridized carbons (Fsp3) is 0.200. The number of para-hydroxylation sites is 1. The fourth-order valence-electron chi connectivity index (χ4n) is 1.89. The summed E-state index contributed by atoms with van der Waals surface area (Å²) in [6, 6.07) is 8.33. The van der Waals surface area contributed by atoms with Crippen molar-refractivity contribution in [3.05, 3.63) is 45.4 Å². The van der Waals surface area contributed by atoms with E-state index in [1.54, 1.807) is 24.3 Å². The van der Waals surface area contributed by atoms with Gasteiger partial charge in [0.1, 0.15) is 0 Å². The predicted octanol–water partition coefficient (Wildman–Crippen LogP) is 4.52. The molecule has 0 atom stereocenters. The maximum Gasteiger partial charge on any atom is 0.162 e. The first kappa shape index (κ1) is 15.8. The van der Waals surface area contributed by atoms with E-state index in [1.165, 1.54) is 6.07 Å². The molecule has 0 aromatic heterocycles. The molecule has 2 aromatic rings. The van der Waals surface area contributed by atoms with Gasteiger partial charge in [-0.3, -0.25) is 0 Å². The Morgan fingerprint density at radius 3 is 2.76 bits per heavy atom. The Kier molecular flexibility index (Phi) is 5.20. The molecule has 0 fully saturated rings. The molecule has 0 aliphatic carbocycles. The van der Waals surface area contributed by atoms with Crippen molar-refractivity contribution in [3.8, 4) is 17.2 Å². The van der Waals surface area contributed by atoms with Gasteiger partial charge in [-0.25, -0.2) is 0 Å². The number of nitrogens with one attached hydrogen (secondary N) is 1. The summed E-state index contributed by atoms with van der Waals surface area (Å²) >= 11 is 9.46. The molecule has 0 aliphatic rings. The Balaban J connectivity index is 2.25. The number of hydrogen-bond donors (Lipinski definition) is 3. The molecule has 0 aliphatic heterocycles. The van der Waals surface area contributed by atoms with Crippen molar-refractivity contribution in [1.29, 1.82) is 0 Å². The molecule has 112 valence electrons. The lowest BCUT2D eigenvalue weighted by Gasteiger charge is -2.15. The zero-order valence-electron chi connectivity index (χ0n) is 11.4. The zero-order chi connectivity index (χ0) is 15.4. The normalized spacial score (nSPS) is 10.4. The van der Waals surface area contributed by atoms with E-state index in [4.69, 9.17) is 16.3 Å². The molecule has 0 spiro atoms. The standard InChI is InChI=1S/C15H15BrClNO3/c1-2-21-15-11(16)6-10(17)7-12(15)18-8-9-4-3-5-13(19)14(9)20/h3-7,18-20H,2,8H2,1H3. The number of anilines is 1. The number of rotatable bonds is 5. The molecule has 6 heteroatoms. The average Bonchev–Trinajstić information content (AvgIpc) is 2.44. The topological polar surface area (TPSA) is 61.7 Å². The van der Waals surface area contributed by atoms with Crippen LogP contribution in [0.25, 0.3) is 0 Å². The molecule has 2 aromatic carbocycles. The van der Waals surface area contributed by atoms with E-state index in [0.717, 1.165) is 4.47 Å². The van der Waals surface area contributed by atoms with Crippen LogP contribution >= 0.6 is 27.5 Å². The molecule has 0 heterocycles. The van der Waals surface area contributed by atoms with Gasteiger partial charge in [-0.05, 0) is 41.1 Å². The quantitative estimate of drug-likeness (QED) is 0.675. The number of hydrogen-bond acceptors (Lipinski definition) is 4. The Bertz CT molecular complexity index is 649. The van der Waals surface area contributed by atoms with Crippen molar-refractivity contribution in [2.45, 2.75) is 13.5 Å². The Morgan fingerprint density at radius 2 is 2.05 bits per heavy atom. The first-order chi connectivity index (χ1) is 10.0. The highest BCUT2D eigenvalue weighted by Gasteiger charge is 2.11. The van der Waals surface area contributed by atoms with E-state index in [2.05, 4.69) is 21.2 Å². The second-order valence-electron chi connectivity index (χ2n) is 4.34. The number of phenolic OH excluding ortho intramolecular Hbond substituents is 2. The van der Waals surface area contributed by atoms with Gasteiger partial charge in [0.05, 0.1) is 16.8 Å². The van der Waals surface area contributed by atoms with Gasteiger partial charge >= 0.3 is 0 Å². The van der Waals surface area contributed by atoms with Gasteiger partial charge < -0.3 is 20.3 Å². The van der Waals surface area contributed by atoms with Crippen LogP contribution in [0.2, 0.25) is 5.02 Å². The van der Waals surface area contributed by atoms with Crippen molar-refractivity contribution in [2.24, 2.45) is 0 Å². The minimum absolute atomic E-state index is 0.135. The minimum atomic E-state index is -0.147. The molecule has 3 N–H and O–H groups in total. The van der Waals surface area contributed by atoms with E-state index in [-0.39, 0.29) is 11.5 Å². The molecular weight excluding hydrogens is 358 g/mol. The average molecular weight is 373 g/mol. The van der Waals surface area contributed by atoms with Crippen LogP contribution in [0.15, 0.2) is 34.8 Å². The van der Waals surface area contributed by atoms with Crippen LogP contribution in [0.3, 0.4) is 0 Å². The molecule has 0 saturated carbocycles. The molecule has 0 amide bonds. The van der Waals surface area contributed by atoms with Gasteiger partial charge in [0.2, 0.25) is 0 Å². The van der Waals surface area contributed by atoms with E-state index < -0.39 is 0 Å². The van der Waals surface area contributed by atoms with E-state index in [0.29, 0.717) is 35.2 Å². The van der Waals surface area contributed by atoms with Crippen LogP contribution in [-0.4, -0.2) is 16.8 Å². The molecule has 0 saturated heterocycles. The smallest absolute Gasteiger partial charge is 0.162 e. The van der Waals surface area contributed by atoms with Crippen LogP contribution in [0.4, 0.5) is 5.69 Å².